The second-order valence-corrected chi connectivity index (χ2v) is 2.68. The molecule has 1 unspecified atom stereocenters. The van der Waals surface area contributed by atoms with E-state index in [9.17, 15) is 14.8 Å². The van der Waals surface area contributed by atoms with Gasteiger partial charge in [-0.15, -0.1) is 0 Å². The Balaban J connectivity index is 3.33. The molecule has 80 valence electrons. The average molecular weight is 213 g/mol. The first-order chi connectivity index (χ1) is 6.93. The number of rotatable bonds is 3. The lowest BCUT2D eigenvalue weighted by molar-refractivity contribution is -0.991. The molecule has 1 aromatic carbocycles. The smallest absolute Gasteiger partial charge is 0.336 e. The molecule has 0 fully saturated rings. The first kappa shape index (κ1) is 11.1. The van der Waals surface area contributed by atoms with Gasteiger partial charge in [0.1, 0.15) is 0 Å². The number of carboxylic acids is 2. The lowest BCUT2D eigenvalue weighted by Gasteiger charge is -2.12. The van der Waals surface area contributed by atoms with Gasteiger partial charge in [0.05, 0.1) is 11.1 Å². The minimum Gasteiger partial charge on any atom is -0.595 e. The number of hydrogen-bond donors (Lipinski definition) is 4. The number of carbonyl (C=O) groups is 2. The van der Waals surface area contributed by atoms with Crippen LogP contribution in [0.4, 0.5) is 5.69 Å². The van der Waals surface area contributed by atoms with Crippen LogP contribution in [0.25, 0.3) is 0 Å². The SMILES string of the molecule is O=C(O)c1ccc([NH+]([O-])O)cc1C(=O)O. The summed E-state index contributed by atoms with van der Waals surface area (Å²) in [6.07, 6.45) is 0. The normalized spacial score (nSPS) is 12.1. The van der Waals surface area contributed by atoms with Crippen molar-refractivity contribution in [3.05, 3.63) is 34.5 Å². The fourth-order valence-corrected chi connectivity index (χ4v) is 1.04. The van der Waals surface area contributed by atoms with Crippen LogP contribution in [-0.4, -0.2) is 27.4 Å². The zero-order valence-electron chi connectivity index (χ0n) is 7.30. The molecular weight excluding hydrogens is 206 g/mol. The monoisotopic (exact) mass is 213 g/mol. The molecule has 7 nitrogen and oxygen atoms in total. The molecule has 0 bridgehead atoms. The van der Waals surface area contributed by atoms with Crippen LogP contribution in [0.2, 0.25) is 0 Å². The minimum atomic E-state index is -1.48. The van der Waals surface area contributed by atoms with Gasteiger partial charge in [-0.05, 0) is 6.07 Å². The molecule has 1 rings (SSSR count). The van der Waals surface area contributed by atoms with Gasteiger partial charge in [-0.1, -0.05) is 0 Å². The largest absolute Gasteiger partial charge is 0.595 e. The summed E-state index contributed by atoms with van der Waals surface area (Å²) < 4.78 is 0. The quantitative estimate of drug-likeness (QED) is 0.501. The predicted octanol–water partition coefficient (Wildman–Crippen LogP) is -0.514. The molecule has 0 aliphatic heterocycles. The van der Waals surface area contributed by atoms with Gasteiger partial charge in [0.25, 0.3) is 0 Å². The van der Waals surface area contributed by atoms with Gasteiger partial charge in [0.2, 0.25) is 0 Å². The molecule has 0 aliphatic rings. The summed E-state index contributed by atoms with van der Waals surface area (Å²) in [5, 5.41) is 35.1. The van der Waals surface area contributed by atoms with E-state index in [1.165, 1.54) is 0 Å². The highest BCUT2D eigenvalue weighted by atomic mass is 16.8. The maximum Gasteiger partial charge on any atom is 0.336 e. The summed E-state index contributed by atoms with van der Waals surface area (Å²) in [4.78, 5) is 21.2. The predicted molar refractivity (Wildman–Crippen MR) is 46.1 cm³/mol. The fraction of sp³-hybridized carbons (Fsp3) is 0. The van der Waals surface area contributed by atoms with Crippen LogP contribution in [0.3, 0.4) is 0 Å². The van der Waals surface area contributed by atoms with Crippen molar-refractivity contribution >= 4 is 17.6 Å². The Morgan fingerprint density at radius 2 is 1.67 bits per heavy atom. The molecule has 0 aromatic heterocycles. The molecule has 0 aliphatic carbocycles. The molecule has 0 radical (unpaired) electrons. The molecule has 15 heavy (non-hydrogen) atoms. The number of quaternary nitrogens is 1. The highest BCUT2D eigenvalue weighted by Gasteiger charge is 2.18. The van der Waals surface area contributed by atoms with E-state index in [4.69, 9.17) is 15.4 Å². The maximum absolute atomic E-state index is 10.6. The molecule has 0 saturated heterocycles. The third-order valence-electron chi connectivity index (χ3n) is 1.73. The fourth-order valence-electron chi connectivity index (χ4n) is 1.04. The summed E-state index contributed by atoms with van der Waals surface area (Å²) in [6.45, 7) is 0. The van der Waals surface area contributed by atoms with Gasteiger partial charge in [-0.2, -0.15) is 5.23 Å². The van der Waals surface area contributed by atoms with Crippen molar-refractivity contribution in [1.29, 1.82) is 0 Å². The Morgan fingerprint density at radius 1 is 1.13 bits per heavy atom. The van der Waals surface area contributed by atoms with Crippen LogP contribution in [0.5, 0.6) is 0 Å². The molecule has 0 amide bonds. The number of nitrogens with one attached hydrogen (secondary N) is 1. The third kappa shape index (κ3) is 2.29. The van der Waals surface area contributed by atoms with Gasteiger partial charge >= 0.3 is 11.9 Å². The van der Waals surface area contributed by atoms with E-state index >= 15 is 0 Å². The highest BCUT2D eigenvalue weighted by Crippen LogP contribution is 2.13. The standard InChI is InChI=1S/C8H7NO6/c10-7(11)5-2-1-4(9(14)15)3-6(5)8(12)13/h1-3,9,14H,(H,10,11)(H,12,13). The van der Waals surface area contributed by atoms with Gasteiger partial charge in [0, 0.05) is 12.1 Å². The number of benzene rings is 1. The second-order valence-electron chi connectivity index (χ2n) is 2.68. The minimum absolute atomic E-state index is 0.266. The molecule has 4 N–H and O–H groups in total. The molecular formula is C8H7NO6. The topological polar surface area (TPSA) is 122 Å². The average Bonchev–Trinajstić information content (AvgIpc) is 2.16. The summed E-state index contributed by atoms with van der Waals surface area (Å²) in [5.41, 5.74) is -1.24. The molecule has 0 heterocycles. The van der Waals surface area contributed by atoms with Crippen LogP contribution < -0.4 is 5.23 Å². The summed E-state index contributed by atoms with van der Waals surface area (Å²) >= 11 is 0. The van der Waals surface area contributed by atoms with Crippen LogP contribution in [0.15, 0.2) is 18.2 Å². The van der Waals surface area contributed by atoms with Crippen molar-refractivity contribution in [2.45, 2.75) is 0 Å². The van der Waals surface area contributed by atoms with Gasteiger partial charge in [0.15, 0.2) is 5.69 Å². The van der Waals surface area contributed by atoms with E-state index in [2.05, 4.69) is 0 Å². The third-order valence-corrected chi connectivity index (χ3v) is 1.73. The first-order valence-corrected chi connectivity index (χ1v) is 3.77. The molecule has 0 saturated carbocycles. The highest BCUT2D eigenvalue weighted by molar-refractivity contribution is 6.02. The zero-order chi connectivity index (χ0) is 11.6. The first-order valence-electron chi connectivity index (χ1n) is 3.77. The van der Waals surface area contributed by atoms with Gasteiger partial charge in [-0.25, -0.2) is 14.8 Å². The summed E-state index contributed by atoms with van der Waals surface area (Å²) in [7, 11) is 0. The molecule has 1 atom stereocenters. The number of hydrogen-bond acceptors (Lipinski definition) is 4. The number of carboxylic acid groups (broad SMARTS) is 2. The van der Waals surface area contributed by atoms with E-state index in [0.29, 0.717) is 0 Å². The second kappa shape index (κ2) is 4.05. The van der Waals surface area contributed by atoms with Crippen molar-refractivity contribution in [3.63, 3.8) is 0 Å². The van der Waals surface area contributed by atoms with E-state index in [-0.39, 0.29) is 5.69 Å². The lowest BCUT2D eigenvalue weighted by atomic mass is 10.1. The van der Waals surface area contributed by atoms with Crippen molar-refractivity contribution in [3.8, 4) is 0 Å². The van der Waals surface area contributed by atoms with Crippen molar-refractivity contribution in [2.24, 2.45) is 0 Å². The van der Waals surface area contributed by atoms with Crippen molar-refractivity contribution < 1.29 is 30.2 Å². The van der Waals surface area contributed by atoms with Crippen LogP contribution in [0.1, 0.15) is 20.7 Å². The van der Waals surface area contributed by atoms with Crippen LogP contribution in [-0.2, 0) is 0 Å². The van der Waals surface area contributed by atoms with Gasteiger partial charge < -0.3 is 15.4 Å². The van der Waals surface area contributed by atoms with Crippen LogP contribution in [0, 0.1) is 5.21 Å². The summed E-state index contributed by atoms with van der Waals surface area (Å²) in [5.74, 6) is -2.89. The Bertz CT molecular complexity index is 414. The van der Waals surface area contributed by atoms with Crippen molar-refractivity contribution in [1.82, 2.24) is 0 Å². The van der Waals surface area contributed by atoms with Crippen LogP contribution >= 0.6 is 0 Å². The summed E-state index contributed by atoms with van der Waals surface area (Å²) in [6, 6.07) is 2.81. The Morgan fingerprint density at radius 3 is 2.07 bits per heavy atom. The van der Waals surface area contributed by atoms with E-state index in [0.717, 1.165) is 18.2 Å². The molecule has 1 aromatic rings. The lowest BCUT2D eigenvalue weighted by Crippen LogP contribution is -2.99. The van der Waals surface area contributed by atoms with E-state index in [1.807, 2.05) is 0 Å². The maximum atomic E-state index is 10.6. The Kier molecular flexibility index (Phi) is 3.00. The zero-order valence-corrected chi connectivity index (χ0v) is 7.30. The van der Waals surface area contributed by atoms with E-state index < -0.39 is 28.3 Å². The van der Waals surface area contributed by atoms with Gasteiger partial charge in [-0.3, -0.25) is 0 Å². The number of aromatic carboxylic acids is 2. The Hall–Kier alpha value is -1.96. The molecule has 7 heteroatoms. The molecule has 0 spiro atoms. The van der Waals surface area contributed by atoms with E-state index in [1.54, 1.807) is 0 Å². The Labute approximate surface area is 83.3 Å². The van der Waals surface area contributed by atoms with Crippen molar-refractivity contribution in [2.75, 3.05) is 0 Å².